The lowest BCUT2D eigenvalue weighted by Crippen LogP contribution is -2.22. The van der Waals surface area contributed by atoms with Crippen LogP contribution < -0.4 is 4.74 Å². The maximum Gasteiger partial charge on any atom is 0.335 e. The molecule has 148 valence electrons. The molecule has 3 atom stereocenters. The maximum absolute atomic E-state index is 11.7. The summed E-state index contributed by atoms with van der Waals surface area (Å²) in [5, 5.41) is 9.55. The lowest BCUT2D eigenvalue weighted by atomic mass is 9.69. The lowest BCUT2D eigenvalue weighted by Gasteiger charge is -2.36. The van der Waals surface area contributed by atoms with Crippen LogP contribution in [0.1, 0.15) is 100 Å². The maximum atomic E-state index is 11.7. The minimum absolute atomic E-state index is 0.197. The molecule has 0 fully saturated rings. The quantitative estimate of drug-likeness (QED) is 0.359. The fourth-order valence-electron chi connectivity index (χ4n) is 4.27. The first-order valence-corrected chi connectivity index (χ1v) is 9.97. The summed E-state index contributed by atoms with van der Waals surface area (Å²) in [4.78, 5) is 23.3. The number of carboxylic acid groups (broad SMARTS) is 1. The molecule has 1 aromatic carbocycles. The van der Waals surface area contributed by atoms with Crippen molar-refractivity contribution >= 4 is 11.9 Å². The van der Waals surface area contributed by atoms with E-state index in [1.165, 1.54) is 18.6 Å². The van der Waals surface area contributed by atoms with Crippen molar-refractivity contribution in [3.8, 4) is 5.75 Å². The third-order valence-electron chi connectivity index (χ3n) is 5.66. The Hall–Kier alpha value is -2.10. The van der Waals surface area contributed by atoms with E-state index >= 15 is 0 Å². The molecule has 0 radical (unpaired) electrons. The highest BCUT2D eigenvalue weighted by atomic mass is 16.5. The summed E-state index contributed by atoms with van der Waals surface area (Å²) in [5.74, 6) is 0.0753. The summed E-state index contributed by atoms with van der Waals surface area (Å²) < 4.78 is 5.46. The number of aromatic carboxylic acids is 1. The average Bonchev–Trinajstić information content (AvgIpc) is 2.59. The van der Waals surface area contributed by atoms with Gasteiger partial charge >= 0.3 is 11.9 Å². The van der Waals surface area contributed by atoms with Gasteiger partial charge < -0.3 is 9.84 Å². The molecule has 4 nitrogen and oxygen atoms in total. The van der Waals surface area contributed by atoms with Gasteiger partial charge in [-0.1, -0.05) is 25.5 Å². The molecule has 0 bridgehead atoms. The zero-order valence-electron chi connectivity index (χ0n) is 17.2. The molecule has 1 aromatic rings. The fraction of sp³-hybridized carbons (Fsp3) is 0.565. The van der Waals surface area contributed by atoms with E-state index in [0.29, 0.717) is 23.5 Å². The molecule has 0 aromatic heterocycles. The van der Waals surface area contributed by atoms with Crippen LogP contribution in [0.5, 0.6) is 5.75 Å². The molecule has 0 heterocycles. The molecule has 1 aliphatic rings. The van der Waals surface area contributed by atoms with Crippen molar-refractivity contribution in [2.24, 2.45) is 5.92 Å². The lowest BCUT2D eigenvalue weighted by molar-refractivity contribution is -0.131. The second-order valence-electron chi connectivity index (χ2n) is 8.00. The molecule has 27 heavy (non-hydrogen) atoms. The molecule has 0 unspecified atom stereocenters. The number of ether oxygens (including phenoxy) is 1. The van der Waals surface area contributed by atoms with Gasteiger partial charge in [-0.3, -0.25) is 4.79 Å². The summed E-state index contributed by atoms with van der Waals surface area (Å²) in [5.41, 5.74) is 3.63. The molecule has 0 saturated carbocycles. The Morgan fingerprint density at radius 3 is 2.52 bits per heavy atom. The van der Waals surface area contributed by atoms with Gasteiger partial charge in [0.25, 0.3) is 0 Å². The van der Waals surface area contributed by atoms with E-state index in [-0.39, 0.29) is 5.56 Å². The van der Waals surface area contributed by atoms with Crippen LogP contribution >= 0.6 is 0 Å². The second kappa shape index (κ2) is 9.20. The van der Waals surface area contributed by atoms with Gasteiger partial charge in [-0.2, -0.15) is 0 Å². The molecular formula is C23H32O4. The Bertz CT molecular complexity index is 728. The second-order valence-corrected chi connectivity index (χ2v) is 8.00. The monoisotopic (exact) mass is 372 g/mol. The van der Waals surface area contributed by atoms with Crippen molar-refractivity contribution in [3.63, 3.8) is 0 Å². The number of carbonyl (C=O) groups excluding carboxylic acids is 1. The summed E-state index contributed by atoms with van der Waals surface area (Å²) in [6, 6.07) is 3.33. The molecule has 0 spiro atoms. The number of fused-ring (bicyclic) bond motifs is 1. The predicted octanol–water partition coefficient (Wildman–Crippen LogP) is 6.06. The average molecular weight is 373 g/mol. The van der Waals surface area contributed by atoms with Gasteiger partial charge in [-0.05, 0) is 81.4 Å². The Morgan fingerprint density at radius 1 is 1.26 bits per heavy atom. The molecule has 1 aliphatic carbocycles. The first-order valence-electron chi connectivity index (χ1n) is 9.97. The number of hydrogen-bond donors (Lipinski definition) is 1. The van der Waals surface area contributed by atoms with Crippen LogP contribution in [0.25, 0.3) is 0 Å². The topological polar surface area (TPSA) is 63.6 Å². The van der Waals surface area contributed by atoms with E-state index in [0.717, 1.165) is 43.2 Å². The highest BCUT2D eigenvalue weighted by molar-refractivity contribution is 5.89. The predicted molar refractivity (Wildman–Crippen MR) is 108 cm³/mol. The smallest absolute Gasteiger partial charge is 0.335 e. The summed E-state index contributed by atoms with van der Waals surface area (Å²) in [7, 11) is 0. The van der Waals surface area contributed by atoms with Crippen molar-refractivity contribution in [1.29, 1.82) is 0 Å². The van der Waals surface area contributed by atoms with Crippen LogP contribution in [0.2, 0.25) is 0 Å². The number of hydrogen-bond acceptors (Lipinski definition) is 3. The first kappa shape index (κ1) is 21.2. The van der Waals surface area contributed by atoms with Crippen molar-refractivity contribution in [1.82, 2.24) is 0 Å². The summed E-state index contributed by atoms with van der Waals surface area (Å²) in [6.07, 6.45) is 7.39. The summed E-state index contributed by atoms with van der Waals surface area (Å²) in [6.45, 7) is 9.96. The normalized spacial score (nSPS) is 19.7. The Kier molecular flexibility index (Phi) is 7.23. The SMILES string of the molecule is CC[C@@H]1CC[C@@H]([C@@H](C)CCC=C(C)C)c2cc(C(=O)O)cc(OC(C)=O)c21. The third-order valence-corrected chi connectivity index (χ3v) is 5.66. The van der Waals surface area contributed by atoms with Crippen LogP contribution in [0.15, 0.2) is 23.8 Å². The highest BCUT2D eigenvalue weighted by Crippen LogP contribution is 2.48. The molecule has 4 heteroatoms. The van der Waals surface area contributed by atoms with Gasteiger partial charge in [0.2, 0.25) is 0 Å². The zero-order valence-corrected chi connectivity index (χ0v) is 17.2. The van der Waals surface area contributed by atoms with E-state index in [1.54, 1.807) is 0 Å². The number of carboxylic acids is 1. The van der Waals surface area contributed by atoms with E-state index in [9.17, 15) is 14.7 Å². The van der Waals surface area contributed by atoms with Crippen molar-refractivity contribution < 1.29 is 19.4 Å². The van der Waals surface area contributed by atoms with E-state index in [1.807, 2.05) is 6.07 Å². The van der Waals surface area contributed by atoms with Gasteiger partial charge in [-0.15, -0.1) is 0 Å². The minimum Gasteiger partial charge on any atom is -0.478 e. The van der Waals surface area contributed by atoms with Crippen LogP contribution in [0, 0.1) is 5.92 Å². The number of esters is 1. The van der Waals surface area contributed by atoms with Gasteiger partial charge in [-0.25, -0.2) is 4.79 Å². The molecule has 0 amide bonds. The number of allylic oxidation sites excluding steroid dienone is 2. The first-order chi connectivity index (χ1) is 12.7. The largest absolute Gasteiger partial charge is 0.478 e. The molecule has 0 aliphatic heterocycles. The number of rotatable bonds is 7. The van der Waals surface area contributed by atoms with Crippen molar-refractivity contribution in [3.05, 3.63) is 40.5 Å². The van der Waals surface area contributed by atoms with Gasteiger partial charge in [0, 0.05) is 12.5 Å². The van der Waals surface area contributed by atoms with Crippen LogP contribution in [-0.2, 0) is 4.79 Å². The third kappa shape index (κ3) is 5.21. The fourth-order valence-corrected chi connectivity index (χ4v) is 4.27. The highest BCUT2D eigenvalue weighted by Gasteiger charge is 2.33. The van der Waals surface area contributed by atoms with Crippen molar-refractivity contribution in [2.45, 2.75) is 78.6 Å². The minimum atomic E-state index is -0.985. The van der Waals surface area contributed by atoms with Gasteiger partial charge in [0.05, 0.1) is 5.56 Å². The Labute approximate surface area is 162 Å². The molecule has 0 saturated heterocycles. The zero-order chi connectivity index (χ0) is 20.1. The standard InChI is InChI=1S/C23H32O4/c1-6-17-10-11-19(15(4)9-7-8-14(2)3)20-12-18(23(25)26)13-21(22(17)20)27-16(5)24/h8,12-13,15,17,19H,6-7,9-11H2,1-5H3,(H,25,26)/t15-,17+,19-/m0/s1. The van der Waals surface area contributed by atoms with Crippen LogP contribution in [0.3, 0.4) is 0 Å². The Morgan fingerprint density at radius 2 is 1.96 bits per heavy atom. The number of benzene rings is 1. The Balaban J connectivity index is 2.48. The van der Waals surface area contributed by atoms with Crippen LogP contribution in [-0.4, -0.2) is 17.0 Å². The number of carbonyl (C=O) groups is 2. The van der Waals surface area contributed by atoms with Gasteiger partial charge in [0.1, 0.15) is 5.75 Å². The van der Waals surface area contributed by atoms with Crippen LogP contribution in [0.4, 0.5) is 0 Å². The van der Waals surface area contributed by atoms with Gasteiger partial charge in [0.15, 0.2) is 0 Å². The molecular weight excluding hydrogens is 340 g/mol. The summed E-state index contributed by atoms with van der Waals surface area (Å²) >= 11 is 0. The molecule has 2 rings (SSSR count). The van der Waals surface area contributed by atoms with E-state index in [4.69, 9.17) is 4.74 Å². The molecule has 1 N–H and O–H groups in total. The van der Waals surface area contributed by atoms with E-state index in [2.05, 4.69) is 33.8 Å². The van der Waals surface area contributed by atoms with E-state index < -0.39 is 11.9 Å². The van der Waals surface area contributed by atoms with Crippen molar-refractivity contribution in [2.75, 3.05) is 0 Å².